The fourth-order valence-electron chi connectivity index (χ4n) is 5.30. The maximum atomic E-state index is 5.81. The molecule has 2 aliphatic heterocycles. The summed E-state index contributed by atoms with van der Waals surface area (Å²) in [5.41, 5.74) is 5.77. The third-order valence-electron chi connectivity index (χ3n) is 6.62. The Kier molecular flexibility index (Phi) is 4.29. The molecule has 0 spiro atoms. The SMILES string of the molecule is CC1=C(C2CCc3c(ncnc3N3CCNCC3)C2)C2COCC2C=C1. The standard InChI is InChI=1S/C21H28N4O/c1-14-2-3-16-11-26-12-18(16)20(14)15-4-5-17-19(10-15)23-13-24-21(17)25-8-6-22-7-9-25/h2-3,13,15-16,18,22H,4-12H2,1H3. The number of allylic oxidation sites excluding steroid dienone is 2. The molecule has 4 aliphatic rings. The van der Waals surface area contributed by atoms with Crippen molar-refractivity contribution in [3.63, 3.8) is 0 Å². The summed E-state index contributed by atoms with van der Waals surface area (Å²) in [7, 11) is 0. The van der Waals surface area contributed by atoms with Crippen LogP contribution in [0.1, 0.15) is 24.6 Å². The number of nitrogens with one attached hydrogen (secondary N) is 1. The maximum absolute atomic E-state index is 5.81. The molecule has 3 atom stereocenters. The minimum absolute atomic E-state index is 0.580. The molecule has 0 saturated carbocycles. The second-order valence-corrected chi connectivity index (χ2v) is 8.10. The van der Waals surface area contributed by atoms with Gasteiger partial charge in [0.15, 0.2) is 0 Å². The number of ether oxygens (including phenoxy) is 1. The normalized spacial score (nSPS) is 31.1. The molecule has 3 unspecified atom stereocenters. The Labute approximate surface area is 155 Å². The molecule has 2 saturated heterocycles. The lowest BCUT2D eigenvalue weighted by molar-refractivity contribution is 0.185. The molecule has 2 fully saturated rings. The largest absolute Gasteiger partial charge is 0.380 e. The molecule has 0 radical (unpaired) electrons. The molecule has 5 heteroatoms. The van der Waals surface area contributed by atoms with Gasteiger partial charge in [-0.2, -0.15) is 0 Å². The van der Waals surface area contributed by atoms with E-state index in [4.69, 9.17) is 9.72 Å². The Hall–Kier alpha value is -1.72. The Morgan fingerprint density at radius 2 is 2.08 bits per heavy atom. The van der Waals surface area contributed by atoms with Crippen molar-refractivity contribution in [3.05, 3.63) is 40.9 Å². The molecule has 0 aromatic carbocycles. The molecule has 1 aromatic rings. The van der Waals surface area contributed by atoms with Gasteiger partial charge in [0.25, 0.3) is 0 Å². The molecule has 1 aromatic heterocycles. The number of fused-ring (bicyclic) bond motifs is 2. The molecular weight excluding hydrogens is 324 g/mol. The molecule has 138 valence electrons. The zero-order valence-corrected chi connectivity index (χ0v) is 15.6. The first-order valence-corrected chi connectivity index (χ1v) is 10.1. The topological polar surface area (TPSA) is 50.3 Å². The van der Waals surface area contributed by atoms with Crippen LogP contribution in [0.3, 0.4) is 0 Å². The summed E-state index contributed by atoms with van der Waals surface area (Å²) in [6.07, 6.45) is 9.83. The Balaban J connectivity index is 1.43. The molecule has 0 amide bonds. The smallest absolute Gasteiger partial charge is 0.135 e. The maximum Gasteiger partial charge on any atom is 0.135 e. The van der Waals surface area contributed by atoms with E-state index in [0.29, 0.717) is 17.8 Å². The summed E-state index contributed by atoms with van der Waals surface area (Å²) in [5, 5.41) is 3.43. The van der Waals surface area contributed by atoms with Crippen LogP contribution in [0.25, 0.3) is 0 Å². The van der Waals surface area contributed by atoms with Gasteiger partial charge < -0.3 is 15.0 Å². The lowest BCUT2D eigenvalue weighted by atomic mass is 9.71. The van der Waals surface area contributed by atoms with Crippen molar-refractivity contribution in [1.82, 2.24) is 15.3 Å². The molecule has 0 bridgehead atoms. The van der Waals surface area contributed by atoms with Gasteiger partial charge in [0.1, 0.15) is 12.1 Å². The van der Waals surface area contributed by atoms with Crippen molar-refractivity contribution >= 4 is 5.82 Å². The Bertz CT molecular complexity index is 750. The van der Waals surface area contributed by atoms with Crippen molar-refractivity contribution in [1.29, 1.82) is 0 Å². The van der Waals surface area contributed by atoms with E-state index in [1.54, 1.807) is 11.9 Å². The van der Waals surface area contributed by atoms with Gasteiger partial charge in [-0.3, -0.25) is 0 Å². The van der Waals surface area contributed by atoms with Crippen LogP contribution in [0.15, 0.2) is 29.6 Å². The molecule has 26 heavy (non-hydrogen) atoms. The second-order valence-electron chi connectivity index (χ2n) is 8.10. The van der Waals surface area contributed by atoms with Crippen molar-refractivity contribution in [2.24, 2.45) is 17.8 Å². The lowest BCUT2D eigenvalue weighted by Gasteiger charge is -2.36. The van der Waals surface area contributed by atoms with Crippen molar-refractivity contribution in [3.8, 4) is 0 Å². The second kappa shape index (κ2) is 6.78. The van der Waals surface area contributed by atoms with Crippen molar-refractivity contribution < 1.29 is 4.74 Å². The Morgan fingerprint density at radius 3 is 2.96 bits per heavy atom. The number of hydrogen-bond acceptors (Lipinski definition) is 5. The summed E-state index contributed by atoms with van der Waals surface area (Å²) >= 11 is 0. The number of hydrogen-bond donors (Lipinski definition) is 1. The van der Waals surface area contributed by atoms with Crippen LogP contribution < -0.4 is 10.2 Å². The zero-order valence-electron chi connectivity index (χ0n) is 15.6. The third kappa shape index (κ3) is 2.78. The van der Waals surface area contributed by atoms with Gasteiger partial charge in [0, 0.05) is 49.3 Å². The van der Waals surface area contributed by atoms with Crippen LogP contribution in [0.4, 0.5) is 5.82 Å². The zero-order chi connectivity index (χ0) is 17.5. The van der Waals surface area contributed by atoms with Gasteiger partial charge in [-0.15, -0.1) is 0 Å². The van der Waals surface area contributed by atoms with E-state index in [1.165, 1.54) is 29.1 Å². The minimum Gasteiger partial charge on any atom is -0.380 e. The highest BCUT2D eigenvalue weighted by atomic mass is 16.5. The molecule has 5 rings (SSSR count). The van der Waals surface area contributed by atoms with E-state index in [9.17, 15) is 0 Å². The van der Waals surface area contributed by atoms with Gasteiger partial charge in [-0.25, -0.2) is 9.97 Å². The van der Waals surface area contributed by atoms with E-state index in [1.807, 2.05) is 0 Å². The van der Waals surface area contributed by atoms with E-state index in [0.717, 1.165) is 52.2 Å². The van der Waals surface area contributed by atoms with Gasteiger partial charge >= 0.3 is 0 Å². The van der Waals surface area contributed by atoms with Crippen LogP contribution in [0, 0.1) is 17.8 Å². The average Bonchev–Trinajstić information content (AvgIpc) is 3.16. The highest BCUT2D eigenvalue weighted by Crippen LogP contribution is 2.43. The van der Waals surface area contributed by atoms with Gasteiger partial charge in [0.05, 0.1) is 13.2 Å². The summed E-state index contributed by atoms with van der Waals surface area (Å²) in [6.45, 7) is 8.23. The van der Waals surface area contributed by atoms with Crippen LogP contribution >= 0.6 is 0 Å². The highest BCUT2D eigenvalue weighted by Gasteiger charge is 2.37. The molecular formula is C21H28N4O. The molecule has 1 N–H and O–H groups in total. The number of aromatic nitrogens is 2. The summed E-state index contributed by atoms with van der Waals surface area (Å²) in [5.74, 6) is 2.96. The average molecular weight is 352 g/mol. The first-order valence-electron chi connectivity index (χ1n) is 10.1. The summed E-state index contributed by atoms with van der Waals surface area (Å²) < 4.78 is 5.81. The van der Waals surface area contributed by atoms with Crippen LogP contribution in [-0.4, -0.2) is 49.4 Å². The highest BCUT2D eigenvalue weighted by molar-refractivity contribution is 5.51. The number of nitrogens with zero attached hydrogens (tertiary/aromatic N) is 3. The van der Waals surface area contributed by atoms with Crippen molar-refractivity contribution in [2.75, 3.05) is 44.3 Å². The van der Waals surface area contributed by atoms with Crippen molar-refractivity contribution in [2.45, 2.75) is 26.2 Å². The molecule has 3 heterocycles. The van der Waals surface area contributed by atoms with Gasteiger partial charge in [0.2, 0.25) is 0 Å². The first-order chi connectivity index (χ1) is 12.8. The monoisotopic (exact) mass is 352 g/mol. The lowest BCUT2D eigenvalue weighted by Crippen LogP contribution is -2.44. The predicted molar refractivity (Wildman–Crippen MR) is 102 cm³/mol. The number of rotatable bonds is 2. The fraction of sp³-hybridized carbons (Fsp3) is 0.619. The third-order valence-corrected chi connectivity index (χ3v) is 6.62. The van der Waals surface area contributed by atoms with Gasteiger partial charge in [-0.1, -0.05) is 23.3 Å². The Morgan fingerprint density at radius 1 is 1.19 bits per heavy atom. The van der Waals surface area contributed by atoms with E-state index in [2.05, 4.69) is 34.3 Å². The predicted octanol–water partition coefficient (Wildman–Crippen LogP) is 2.14. The molecule has 2 aliphatic carbocycles. The van der Waals surface area contributed by atoms with Crippen LogP contribution in [0.2, 0.25) is 0 Å². The summed E-state index contributed by atoms with van der Waals surface area (Å²) in [4.78, 5) is 11.8. The quantitative estimate of drug-likeness (QED) is 0.884. The fourth-order valence-corrected chi connectivity index (χ4v) is 5.30. The van der Waals surface area contributed by atoms with E-state index < -0.39 is 0 Å². The summed E-state index contributed by atoms with van der Waals surface area (Å²) in [6, 6.07) is 0. The van der Waals surface area contributed by atoms with Gasteiger partial charge in [-0.05, 0) is 32.1 Å². The number of anilines is 1. The molecule has 5 nitrogen and oxygen atoms in total. The first kappa shape index (κ1) is 16.5. The van der Waals surface area contributed by atoms with Crippen LogP contribution in [0.5, 0.6) is 0 Å². The number of piperazine rings is 1. The minimum atomic E-state index is 0.580. The van der Waals surface area contributed by atoms with E-state index >= 15 is 0 Å². The van der Waals surface area contributed by atoms with Crippen LogP contribution in [-0.2, 0) is 17.6 Å². The van der Waals surface area contributed by atoms with E-state index in [-0.39, 0.29) is 0 Å².